The molecule has 90 valence electrons. The van der Waals surface area contributed by atoms with E-state index in [1.165, 1.54) is 32.1 Å². The fourth-order valence-electron chi connectivity index (χ4n) is 2.34. The minimum atomic E-state index is -3.03. The lowest BCUT2D eigenvalue weighted by atomic mass is 9.85. The molecular formula is C11H23NO2S. The minimum Gasteiger partial charge on any atom is -0.212 e. The second kappa shape index (κ2) is 5.85. The van der Waals surface area contributed by atoms with E-state index < -0.39 is 10.0 Å². The quantitative estimate of drug-likeness (QED) is 0.792. The molecule has 3 nitrogen and oxygen atoms in total. The van der Waals surface area contributed by atoms with Crippen LogP contribution in [0.4, 0.5) is 0 Å². The van der Waals surface area contributed by atoms with Crippen molar-refractivity contribution < 1.29 is 8.42 Å². The Labute approximate surface area is 93.7 Å². The van der Waals surface area contributed by atoms with Gasteiger partial charge in [0.1, 0.15) is 0 Å². The van der Waals surface area contributed by atoms with Gasteiger partial charge in [-0.15, -0.1) is 0 Å². The SMILES string of the molecule is CCCS(=O)(=O)N[C@H](C)C1CCCCC1. The average molecular weight is 233 g/mol. The van der Waals surface area contributed by atoms with E-state index in [-0.39, 0.29) is 11.8 Å². The maximum absolute atomic E-state index is 11.6. The summed E-state index contributed by atoms with van der Waals surface area (Å²) in [4.78, 5) is 0. The van der Waals surface area contributed by atoms with Gasteiger partial charge in [-0.25, -0.2) is 13.1 Å². The van der Waals surface area contributed by atoms with Gasteiger partial charge in [0.25, 0.3) is 0 Å². The predicted molar refractivity (Wildman–Crippen MR) is 63.3 cm³/mol. The van der Waals surface area contributed by atoms with Crippen LogP contribution in [0.2, 0.25) is 0 Å². The van der Waals surface area contributed by atoms with E-state index in [2.05, 4.69) is 4.72 Å². The number of rotatable bonds is 5. The lowest BCUT2D eigenvalue weighted by Gasteiger charge is -2.28. The van der Waals surface area contributed by atoms with E-state index in [0.29, 0.717) is 12.3 Å². The van der Waals surface area contributed by atoms with Crippen molar-refractivity contribution in [2.24, 2.45) is 5.92 Å². The smallest absolute Gasteiger partial charge is 0.211 e. The highest BCUT2D eigenvalue weighted by Gasteiger charge is 2.23. The van der Waals surface area contributed by atoms with Crippen LogP contribution in [0, 0.1) is 5.92 Å². The van der Waals surface area contributed by atoms with Crippen molar-refractivity contribution in [3.63, 3.8) is 0 Å². The van der Waals surface area contributed by atoms with Gasteiger partial charge in [-0.2, -0.15) is 0 Å². The van der Waals surface area contributed by atoms with Crippen molar-refractivity contribution in [1.82, 2.24) is 4.72 Å². The Bertz CT molecular complexity index is 268. The average Bonchev–Trinajstić information content (AvgIpc) is 2.18. The van der Waals surface area contributed by atoms with Crippen LogP contribution in [0.5, 0.6) is 0 Å². The van der Waals surface area contributed by atoms with Gasteiger partial charge in [0.05, 0.1) is 5.75 Å². The van der Waals surface area contributed by atoms with Crippen LogP contribution in [0.1, 0.15) is 52.4 Å². The molecule has 1 atom stereocenters. The first-order chi connectivity index (χ1) is 7.05. The molecule has 1 rings (SSSR count). The molecule has 0 spiro atoms. The van der Waals surface area contributed by atoms with Crippen molar-refractivity contribution in [1.29, 1.82) is 0 Å². The van der Waals surface area contributed by atoms with Gasteiger partial charge in [-0.3, -0.25) is 0 Å². The zero-order valence-electron chi connectivity index (χ0n) is 9.83. The van der Waals surface area contributed by atoms with Crippen molar-refractivity contribution in [3.8, 4) is 0 Å². The van der Waals surface area contributed by atoms with Crippen molar-refractivity contribution >= 4 is 10.0 Å². The lowest BCUT2D eigenvalue weighted by Crippen LogP contribution is -2.39. The van der Waals surface area contributed by atoms with Crippen LogP contribution in [0.15, 0.2) is 0 Å². The molecule has 4 heteroatoms. The molecular weight excluding hydrogens is 210 g/mol. The van der Waals surface area contributed by atoms with E-state index in [9.17, 15) is 8.42 Å². The maximum atomic E-state index is 11.6. The molecule has 0 aromatic carbocycles. The Hall–Kier alpha value is -0.0900. The molecule has 0 heterocycles. The molecule has 0 amide bonds. The summed E-state index contributed by atoms with van der Waals surface area (Å²) < 4.78 is 25.9. The van der Waals surface area contributed by atoms with Crippen molar-refractivity contribution in [2.75, 3.05) is 5.75 Å². The summed E-state index contributed by atoms with van der Waals surface area (Å²) in [6, 6.07) is 0.113. The lowest BCUT2D eigenvalue weighted by molar-refractivity contribution is 0.303. The van der Waals surface area contributed by atoms with Gasteiger partial charge in [-0.05, 0) is 32.1 Å². The zero-order valence-corrected chi connectivity index (χ0v) is 10.6. The molecule has 15 heavy (non-hydrogen) atoms. The molecule has 1 saturated carbocycles. The third-order valence-electron chi connectivity index (χ3n) is 3.20. The second-order valence-electron chi connectivity index (χ2n) is 4.62. The molecule has 0 unspecified atom stereocenters. The van der Waals surface area contributed by atoms with Gasteiger partial charge in [0.15, 0.2) is 0 Å². The number of sulfonamides is 1. The highest BCUT2D eigenvalue weighted by atomic mass is 32.2. The number of hydrogen-bond acceptors (Lipinski definition) is 2. The highest BCUT2D eigenvalue weighted by Crippen LogP contribution is 2.26. The summed E-state index contributed by atoms with van der Waals surface area (Å²) >= 11 is 0. The third-order valence-corrected chi connectivity index (χ3v) is 4.87. The van der Waals surface area contributed by atoms with E-state index in [1.54, 1.807) is 0 Å². The molecule has 1 aliphatic carbocycles. The summed E-state index contributed by atoms with van der Waals surface area (Å²) in [5, 5.41) is 0. The Morgan fingerprint density at radius 3 is 2.40 bits per heavy atom. The van der Waals surface area contributed by atoms with Crippen LogP contribution in [0.3, 0.4) is 0 Å². The second-order valence-corrected chi connectivity index (χ2v) is 6.50. The van der Waals surface area contributed by atoms with Crippen LogP contribution >= 0.6 is 0 Å². The molecule has 0 aliphatic heterocycles. The van der Waals surface area contributed by atoms with Crippen LogP contribution < -0.4 is 4.72 Å². The van der Waals surface area contributed by atoms with Gasteiger partial charge < -0.3 is 0 Å². The number of hydrogen-bond donors (Lipinski definition) is 1. The van der Waals surface area contributed by atoms with Gasteiger partial charge >= 0.3 is 0 Å². The fourth-order valence-corrected chi connectivity index (χ4v) is 3.76. The molecule has 1 fully saturated rings. The van der Waals surface area contributed by atoms with E-state index >= 15 is 0 Å². The van der Waals surface area contributed by atoms with Gasteiger partial charge in [0.2, 0.25) is 10.0 Å². The third kappa shape index (κ3) is 4.51. The Morgan fingerprint density at radius 1 is 1.27 bits per heavy atom. The van der Waals surface area contributed by atoms with Gasteiger partial charge in [0, 0.05) is 6.04 Å². The normalized spacial score (nSPS) is 21.5. The van der Waals surface area contributed by atoms with E-state index in [4.69, 9.17) is 0 Å². The first-order valence-corrected chi connectivity index (χ1v) is 7.70. The molecule has 0 aromatic rings. The topological polar surface area (TPSA) is 46.2 Å². The van der Waals surface area contributed by atoms with Crippen molar-refractivity contribution in [3.05, 3.63) is 0 Å². The van der Waals surface area contributed by atoms with Gasteiger partial charge in [-0.1, -0.05) is 26.2 Å². The van der Waals surface area contributed by atoms with E-state index in [0.717, 1.165) is 0 Å². The van der Waals surface area contributed by atoms with Crippen molar-refractivity contribution in [2.45, 2.75) is 58.4 Å². The Balaban J connectivity index is 2.43. The molecule has 1 aliphatic rings. The first kappa shape index (κ1) is 13.0. The summed E-state index contributed by atoms with van der Waals surface area (Å²) in [7, 11) is -3.03. The summed E-state index contributed by atoms with van der Waals surface area (Å²) in [6.45, 7) is 3.90. The molecule has 0 radical (unpaired) electrons. The molecule has 0 saturated heterocycles. The molecule has 0 bridgehead atoms. The predicted octanol–water partition coefficient (Wildman–Crippen LogP) is 2.28. The standard InChI is InChI=1S/C11H23NO2S/c1-3-9-15(13,14)12-10(2)11-7-5-4-6-8-11/h10-12H,3-9H2,1-2H3/t10-/m1/s1. The summed E-state index contributed by atoms with van der Waals surface area (Å²) in [5.74, 6) is 0.801. The highest BCUT2D eigenvalue weighted by molar-refractivity contribution is 7.89. The fraction of sp³-hybridized carbons (Fsp3) is 1.00. The largest absolute Gasteiger partial charge is 0.212 e. The Morgan fingerprint density at radius 2 is 1.87 bits per heavy atom. The molecule has 1 N–H and O–H groups in total. The molecule has 0 aromatic heterocycles. The monoisotopic (exact) mass is 233 g/mol. The summed E-state index contributed by atoms with van der Waals surface area (Å²) in [5.41, 5.74) is 0. The Kier molecular flexibility index (Phi) is 5.06. The maximum Gasteiger partial charge on any atom is 0.211 e. The van der Waals surface area contributed by atoms with Crippen LogP contribution in [-0.2, 0) is 10.0 Å². The number of nitrogens with one attached hydrogen (secondary N) is 1. The summed E-state index contributed by atoms with van der Waals surface area (Å²) in [6.07, 6.45) is 6.86. The first-order valence-electron chi connectivity index (χ1n) is 6.05. The van der Waals surface area contributed by atoms with Crippen LogP contribution in [-0.4, -0.2) is 20.2 Å². The minimum absolute atomic E-state index is 0.113. The van der Waals surface area contributed by atoms with Crippen LogP contribution in [0.25, 0.3) is 0 Å². The zero-order chi connectivity index (χ0) is 11.3. The van der Waals surface area contributed by atoms with E-state index in [1.807, 2.05) is 13.8 Å².